The van der Waals surface area contributed by atoms with E-state index in [1.54, 1.807) is 32.0 Å². The number of methoxy groups -OCH3 is 1. The van der Waals surface area contributed by atoms with Gasteiger partial charge in [-0.25, -0.2) is 18.2 Å². The number of sulfonamides is 1. The van der Waals surface area contributed by atoms with E-state index in [4.69, 9.17) is 16.3 Å². The number of aromatic nitrogens is 1. The monoisotopic (exact) mass is 456 g/mol. The van der Waals surface area contributed by atoms with E-state index in [1.165, 1.54) is 34.3 Å². The second-order valence-electron chi connectivity index (χ2n) is 5.78. The molecule has 0 aliphatic rings. The highest BCUT2D eigenvalue weighted by atomic mass is 35.5. The lowest BCUT2D eigenvalue weighted by molar-refractivity contribution is 0.0599. The topological polar surface area (TPSA) is 76.6 Å². The number of aryl methyl sites for hydroxylation is 1. The first-order chi connectivity index (χ1) is 13.3. The molecule has 148 valence electrons. The van der Waals surface area contributed by atoms with Gasteiger partial charge < -0.3 is 4.74 Å². The molecule has 0 amide bonds. The summed E-state index contributed by atoms with van der Waals surface area (Å²) in [5.74, 6) is -0.576. The molecule has 6 nitrogen and oxygen atoms in total. The zero-order valence-corrected chi connectivity index (χ0v) is 18.5. The van der Waals surface area contributed by atoms with Crippen molar-refractivity contribution >= 4 is 61.1 Å². The van der Waals surface area contributed by atoms with Gasteiger partial charge >= 0.3 is 5.97 Å². The third-order valence-electron chi connectivity index (χ3n) is 3.95. The van der Waals surface area contributed by atoms with Gasteiger partial charge in [-0.2, -0.15) is 0 Å². The van der Waals surface area contributed by atoms with Crippen LogP contribution in [0.25, 0.3) is 10.2 Å². The summed E-state index contributed by atoms with van der Waals surface area (Å²) < 4.78 is 33.7. The van der Waals surface area contributed by atoms with E-state index in [0.717, 1.165) is 22.2 Å². The molecule has 3 rings (SSSR count). The second-order valence-corrected chi connectivity index (χ2v) is 10.6. The molecule has 0 radical (unpaired) electrons. The third kappa shape index (κ3) is 4.18. The average molecular weight is 457 g/mol. The number of ether oxygens (including phenoxy) is 1. The molecule has 0 atom stereocenters. The van der Waals surface area contributed by atoms with Crippen LogP contribution < -0.4 is 0 Å². The Labute approximate surface area is 176 Å². The van der Waals surface area contributed by atoms with Crippen molar-refractivity contribution in [2.45, 2.75) is 23.1 Å². The van der Waals surface area contributed by atoms with E-state index in [0.29, 0.717) is 14.9 Å². The Balaban J connectivity index is 1.95. The van der Waals surface area contributed by atoms with Crippen molar-refractivity contribution in [2.75, 3.05) is 13.7 Å². The third-order valence-corrected chi connectivity index (χ3v) is 8.65. The van der Waals surface area contributed by atoms with E-state index in [9.17, 15) is 13.2 Å². The van der Waals surface area contributed by atoms with Crippen molar-refractivity contribution < 1.29 is 17.9 Å². The molecule has 10 heteroatoms. The number of carbonyl (C=O) groups is 1. The van der Waals surface area contributed by atoms with E-state index in [-0.39, 0.29) is 17.0 Å². The molecule has 0 bridgehead atoms. The number of hydrogen-bond acceptors (Lipinski definition) is 7. The standard InChI is InChI=1S/C18H17ClN2O4S3/c1-4-21(27-18-20-15-9-12(19)6-8-16(15)26-18)28(23,24)13-7-5-11(2)14(10-13)17(22)25-3/h5-10H,4H2,1-3H3. The zero-order chi connectivity index (χ0) is 20.5. The van der Waals surface area contributed by atoms with Crippen LogP contribution in [0.2, 0.25) is 5.02 Å². The van der Waals surface area contributed by atoms with Gasteiger partial charge in [-0.3, -0.25) is 0 Å². The van der Waals surface area contributed by atoms with Gasteiger partial charge in [0.1, 0.15) is 0 Å². The lowest BCUT2D eigenvalue weighted by Crippen LogP contribution is -2.24. The average Bonchev–Trinajstić information content (AvgIpc) is 3.07. The Morgan fingerprint density at radius 1 is 1.29 bits per heavy atom. The highest BCUT2D eigenvalue weighted by Gasteiger charge is 2.27. The summed E-state index contributed by atoms with van der Waals surface area (Å²) in [6.07, 6.45) is 0. The molecule has 28 heavy (non-hydrogen) atoms. The number of fused-ring (bicyclic) bond motifs is 1. The molecule has 3 aromatic rings. The molecular formula is C18H17ClN2O4S3. The van der Waals surface area contributed by atoms with E-state index in [2.05, 4.69) is 4.98 Å². The van der Waals surface area contributed by atoms with Crippen molar-refractivity contribution in [1.29, 1.82) is 0 Å². The van der Waals surface area contributed by atoms with Crippen LogP contribution in [-0.4, -0.2) is 36.7 Å². The molecule has 0 fully saturated rings. The molecule has 0 spiro atoms. The minimum Gasteiger partial charge on any atom is -0.465 e. The summed E-state index contributed by atoms with van der Waals surface area (Å²) in [5, 5.41) is 0.573. The Bertz CT molecular complexity index is 1140. The van der Waals surface area contributed by atoms with Crippen LogP contribution in [0.3, 0.4) is 0 Å². The number of carbonyl (C=O) groups excluding carboxylic acids is 1. The molecule has 0 saturated heterocycles. The Morgan fingerprint density at radius 3 is 2.71 bits per heavy atom. The van der Waals surface area contributed by atoms with Crippen LogP contribution in [0.15, 0.2) is 45.6 Å². The summed E-state index contributed by atoms with van der Waals surface area (Å²) in [4.78, 5) is 16.4. The van der Waals surface area contributed by atoms with Crippen LogP contribution in [-0.2, 0) is 14.8 Å². The normalized spacial score (nSPS) is 11.9. The summed E-state index contributed by atoms with van der Waals surface area (Å²) in [6, 6.07) is 9.79. The van der Waals surface area contributed by atoms with Crippen molar-refractivity contribution in [3.8, 4) is 0 Å². The highest BCUT2D eigenvalue weighted by molar-refractivity contribution is 8.09. The molecule has 0 aliphatic carbocycles. The van der Waals surface area contributed by atoms with Gasteiger partial charge in [-0.05, 0) is 42.8 Å². The number of benzene rings is 2. The molecule has 0 aliphatic heterocycles. The van der Waals surface area contributed by atoms with Crippen LogP contribution >= 0.6 is 34.9 Å². The number of nitrogens with zero attached hydrogens (tertiary/aromatic N) is 2. The van der Waals surface area contributed by atoms with Gasteiger partial charge in [0.2, 0.25) is 0 Å². The summed E-state index contributed by atoms with van der Waals surface area (Å²) >= 11 is 8.42. The predicted molar refractivity (Wildman–Crippen MR) is 113 cm³/mol. The quantitative estimate of drug-likeness (QED) is 0.393. The molecular weight excluding hydrogens is 440 g/mol. The Morgan fingerprint density at radius 2 is 2.04 bits per heavy atom. The summed E-state index contributed by atoms with van der Waals surface area (Å²) in [5.41, 5.74) is 1.58. The summed E-state index contributed by atoms with van der Waals surface area (Å²) in [7, 11) is -2.59. The first-order valence-corrected chi connectivity index (χ1v) is 11.6. The zero-order valence-electron chi connectivity index (χ0n) is 15.3. The predicted octanol–water partition coefficient (Wildman–Crippen LogP) is 4.76. The van der Waals surface area contributed by atoms with Gasteiger partial charge in [-0.15, -0.1) is 15.0 Å². The van der Waals surface area contributed by atoms with Crippen LogP contribution in [0.5, 0.6) is 0 Å². The maximum absolute atomic E-state index is 13.1. The van der Waals surface area contributed by atoms with Crippen molar-refractivity contribution in [3.63, 3.8) is 0 Å². The van der Waals surface area contributed by atoms with Crippen LogP contribution in [0.1, 0.15) is 22.8 Å². The van der Waals surface area contributed by atoms with E-state index in [1.807, 2.05) is 6.07 Å². The fourth-order valence-corrected chi connectivity index (χ4v) is 6.56. The molecule has 1 heterocycles. The SMILES string of the molecule is CCN(Sc1nc2cc(Cl)ccc2s1)S(=O)(=O)c1ccc(C)c(C(=O)OC)c1. The first-order valence-electron chi connectivity index (χ1n) is 8.22. The Hall–Kier alpha value is -1.65. The summed E-state index contributed by atoms with van der Waals surface area (Å²) in [6.45, 7) is 3.69. The van der Waals surface area contributed by atoms with Crippen molar-refractivity contribution in [2.24, 2.45) is 0 Å². The fourth-order valence-electron chi connectivity index (χ4n) is 2.50. The number of rotatable bonds is 6. The minimum atomic E-state index is -3.85. The minimum absolute atomic E-state index is 0.0250. The molecule has 1 aromatic heterocycles. The van der Waals surface area contributed by atoms with E-state index >= 15 is 0 Å². The van der Waals surface area contributed by atoms with Crippen molar-refractivity contribution in [3.05, 3.63) is 52.5 Å². The van der Waals surface area contributed by atoms with Gasteiger partial charge in [0.05, 0.1) is 27.8 Å². The Kier molecular flexibility index (Phi) is 6.31. The molecule has 0 N–H and O–H groups in total. The lowest BCUT2D eigenvalue weighted by atomic mass is 10.1. The number of halogens is 1. The number of thiazole rings is 1. The maximum Gasteiger partial charge on any atom is 0.338 e. The van der Waals surface area contributed by atoms with Gasteiger partial charge in [-0.1, -0.05) is 24.6 Å². The van der Waals surface area contributed by atoms with Gasteiger partial charge in [0.15, 0.2) is 4.34 Å². The highest BCUT2D eigenvalue weighted by Crippen LogP contribution is 2.35. The van der Waals surface area contributed by atoms with Crippen LogP contribution in [0.4, 0.5) is 0 Å². The van der Waals surface area contributed by atoms with Gasteiger partial charge in [0, 0.05) is 23.5 Å². The molecule has 0 unspecified atom stereocenters. The smallest absolute Gasteiger partial charge is 0.338 e. The number of esters is 1. The lowest BCUT2D eigenvalue weighted by Gasteiger charge is -2.18. The number of hydrogen-bond donors (Lipinski definition) is 0. The van der Waals surface area contributed by atoms with Crippen LogP contribution in [0, 0.1) is 6.92 Å². The first kappa shape index (κ1) is 21.1. The van der Waals surface area contributed by atoms with Gasteiger partial charge in [0.25, 0.3) is 10.0 Å². The molecule has 0 saturated carbocycles. The van der Waals surface area contributed by atoms with Crippen molar-refractivity contribution in [1.82, 2.24) is 8.69 Å². The van der Waals surface area contributed by atoms with E-state index < -0.39 is 16.0 Å². The maximum atomic E-state index is 13.1. The fraction of sp³-hybridized carbons (Fsp3) is 0.222. The molecule has 2 aromatic carbocycles. The largest absolute Gasteiger partial charge is 0.465 e. The second kappa shape index (κ2) is 8.38.